The molecule has 1 heterocycles. The minimum absolute atomic E-state index is 0.451. The van der Waals surface area contributed by atoms with Gasteiger partial charge in [0, 0.05) is 6.04 Å². The highest BCUT2D eigenvalue weighted by Crippen LogP contribution is 2.28. The molecule has 1 aliphatic rings. The van der Waals surface area contributed by atoms with Crippen molar-refractivity contribution in [2.24, 2.45) is 5.84 Å². The van der Waals surface area contributed by atoms with Crippen molar-refractivity contribution in [2.45, 2.75) is 19.4 Å². The monoisotopic (exact) mass is 148 g/mol. The van der Waals surface area contributed by atoms with Crippen molar-refractivity contribution < 1.29 is 0 Å². The van der Waals surface area contributed by atoms with Crippen molar-refractivity contribution in [3.05, 3.63) is 29.8 Å². The van der Waals surface area contributed by atoms with Gasteiger partial charge >= 0.3 is 0 Å². The Hall–Kier alpha value is -1.02. The lowest BCUT2D eigenvalue weighted by Crippen LogP contribution is -2.35. The Balaban J connectivity index is 2.47. The van der Waals surface area contributed by atoms with Crippen LogP contribution in [0, 0.1) is 0 Å². The van der Waals surface area contributed by atoms with Gasteiger partial charge in [-0.15, -0.1) is 0 Å². The molecule has 0 amide bonds. The van der Waals surface area contributed by atoms with Crippen LogP contribution in [0.15, 0.2) is 24.3 Å². The molecule has 1 atom stereocenters. The third-order valence-corrected chi connectivity index (χ3v) is 2.26. The number of benzene rings is 1. The van der Waals surface area contributed by atoms with Crippen molar-refractivity contribution in [1.29, 1.82) is 0 Å². The van der Waals surface area contributed by atoms with Gasteiger partial charge in [0.25, 0.3) is 0 Å². The predicted octanol–water partition coefficient (Wildman–Crippen LogP) is 1.31. The number of fused-ring (bicyclic) bond motifs is 1. The summed E-state index contributed by atoms with van der Waals surface area (Å²) >= 11 is 0. The normalized spacial score (nSPS) is 22.0. The van der Waals surface area contributed by atoms with Gasteiger partial charge in [-0.2, -0.15) is 0 Å². The van der Waals surface area contributed by atoms with Crippen LogP contribution in [0.25, 0.3) is 0 Å². The molecule has 11 heavy (non-hydrogen) atoms. The van der Waals surface area contributed by atoms with Crippen molar-refractivity contribution in [3.63, 3.8) is 0 Å². The minimum atomic E-state index is 0.451. The Labute approximate surface area is 66.6 Å². The van der Waals surface area contributed by atoms with Gasteiger partial charge in [-0.3, -0.25) is 0 Å². The second kappa shape index (κ2) is 2.24. The lowest BCUT2D eigenvalue weighted by molar-refractivity contribution is 0.697. The number of rotatable bonds is 0. The molecule has 2 rings (SSSR count). The van der Waals surface area contributed by atoms with E-state index in [0.717, 1.165) is 6.42 Å². The summed E-state index contributed by atoms with van der Waals surface area (Å²) in [5.41, 5.74) is 2.54. The van der Waals surface area contributed by atoms with Gasteiger partial charge in [0.05, 0.1) is 5.69 Å². The van der Waals surface area contributed by atoms with Crippen molar-refractivity contribution >= 4 is 5.69 Å². The van der Waals surface area contributed by atoms with Crippen LogP contribution in [0.2, 0.25) is 0 Å². The predicted molar refractivity (Wildman–Crippen MR) is 46.3 cm³/mol. The lowest BCUT2D eigenvalue weighted by atomic mass is 10.1. The van der Waals surface area contributed by atoms with E-state index in [2.05, 4.69) is 25.1 Å². The van der Waals surface area contributed by atoms with E-state index in [4.69, 9.17) is 5.84 Å². The summed E-state index contributed by atoms with van der Waals surface area (Å²) in [6, 6.07) is 8.74. The highest BCUT2D eigenvalue weighted by atomic mass is 15.4. The molecule has 0 bridgehead atoms. The highest BCUT2D eigenvalue weighted by molar-refractivity contribution is 5.57. The average Bonchev–Trinajstić information content (AvgIpc) is 2.30. The van der Waals surface area contributed by atoms with E-state index in [-0.39, 0.29) is 0 Å². The van der Waals surface area contributed by atoms with Gasteiger partial charge in [-0.25, -0.2) is 5.84 Å². The third kappa shape index (κ3) is 0.906. The molecule has 0 aliphatic carbocycles. The van der Waals surface area contributed by atoms with Crippen LogP contribution in [-0.4, -0.2) is 6.04 Å². The average molecular weight is 148 g/mol. The van der Waals surface area contributed by atoms with Crippen molar-refractivity contribution in [1.82, 2.24) is 0 Å². The maximum absolute atomic E-state index is 5.82. The molecule has 2 nitrogen and oxygen atoms in total. The summed E-state index contributed by atoms with van der Waals surface area (Å²) in [4.78, 5) is 0. The van der Waals surface area contributed by atoms with Crippen molar-refractivity contribution in [3.8, 4) is 0 Å². The van der Waals surface area contributed by atoms with E-state index in [0.29, 0.717) is 6.04 Å². The van der Waals surface area contributed by atoms with E-state index in [1.165, 1.54) is 11.3 Å². The molecule has 58 valence electrons. The van der Waals surface area contributed by atoms with E-state index in [1.807, 2.05) is 11.1 Å². The molecule has 0 unspecified atom stereocenters. The first kappa shape index (κ1) is 6.68. The van der Waals surface area contributed by atoms with Crippen LogP contribution >= 0.6 is 0 Å². The molecule has 1 aliphatic heterocycles. The summed E-state index contributed by atoms with van der Waals surface area (Å²) in [5, 5.41) is 1.84. The molecule has 2 N–H and O–H groups in total. The van der Waals surface area contributed by atoms with Crippen LogP contribution in [0.1, 0.15) is 12.5 Å². The van der Waals surface area contributed by atoms with Gasteiger partial charge in [0.2, 0.25) is 0 Å². The summed E-state index contributed by atoms with van der Waals surface area (Å²) in [5.74, 6) is 5.82. The summed E-state index contributed by atoms with van der Waals surface area (Å²) in [7, 11) is 0. The summed E-state index contributed by atoms with van der Waals surface area (Å²) in [6.07, 6.45) is 1.08. The van der Waals surface area contributed by atoms with Gasteiger partial charge in [0.15, 0.2) is 0 Å². The fourth-order valence-electron chi connectivity index (χ4n) is 1.59. The Morgan fingerprint density at radius 3 is 2.91 bits per heavy atom. The molecule has 0 saturated carbocycles. The van der Waals surface area contributed by atoms with Crippen molar-refractivity contribution in [2.75, 3.05) is 5.01 Å². The SMILES string of the molecule is C[C@@H]1Cc2ccccc2N1N. The van der Waals surface area contributed by atoms with Crippen LogP contribution in [0.4, 0.5) is 5.69 Å². The molecule has 1 aromatic carbocycles. The van der Waals surface area contributed by atoms with E-state index in [9.17, 15) is 0 Å². The van der Waals surface area contributed by atoms with Crippen LogP contribution in [0.3, 0.4) is 0 Å². The molecule has 0 radical (unpaired) electrons. The molecule has 0 spiro atoms. The topological polar surface area (TPSA) is 29.3 Å². The Kier molecular flexibility index (Phi) is 1.36. The van der Waals surface area contributed by atoms with Crippen LogP contribution in [0.5, 0.6) is 0 Å². The highest BCUT2D eigenvalue weighted by Gasteiger charge is 2.21. The zero-order chi connectivity index (χ0) is 7.84. The Morgan fingerprint density at radius 1 is 1.45 bits per heavy atom. The number of para-hydroxylation sites is 1. The molecule has 2 heteroatoms. The smallest absolute Gasteiger partial charge is 0.0553 e. The van der Waals surface area contributed by atoms with Crippen LogP contribution < -0.4 is 10.9 Å². The van der Waals surface area contributed by atoms with Gasteiger partial charge in [0.1, 0.15) is 0 Å². The standard InChI is InChI=1S/C9H12N2/c1-7-6-8-4-2-3-5-9(8)11(7)10/h2-5,7H,6,10H2,1H3/t7-/m1/s1. The third-order valence-electron chi connectivity index (χ3n) is 2.26. The maximum atomic E-state index is 5.82. The fourth-order valence-corrected chi connectivity index (χ4v) is 1.59. The zero-order valence-corrected chi connectivity index (χ0v) is 6.62. The minimum Gasteiger partial charge on any atom is -0.308 e. The maximum Gasteiger partial charge on any atom is 0.0553 e. The Bertz CT molecular complexity index is 270. The molecular weight excluding hydrogens is 136 g/mol. The van der Waals surface area contributed by atoms with E-state index in [1.54, 1.807) is 0 Å². The number of hydrogen-bond acceptors (Lipinski definition) is 2. The summed E-state index contributed by atoms with van der Waals surface area (Å²) < 4.78 is 0. The van der Waals surface area contributed by atoms with E-state index < -0.39 is 0 Å². The number of hydrogen-bond donors (Lipinski definition) is 1. The fraction of sp³-hybridized carbons (Fsp3) is 0.333. The Morgan fingerprint density at radius 2 is 2.18 bits per heavy atom. The zero-order valence-electron chi connectivity index (χ0n) is 6.62. The number of hydrazine groups is 1. The molecule has 0 saturated heterocycles. The first-order chi connectivity index (χ1) is 5.29. The summed E-state index contributed by atoms with van der Waals surface area (Å²) in [6.45, 7) is 2.14. The molecule has 0 aromatic heterocycles. The number of nitrogens with two attached hydrogens (primary N) is 1. The van der Waals surface area contributed by atoms with Crippen LogP contribution in [-0.2, 0) is 6.42 Å². The number of anilines is 1. The largest absolute Gasteiger partial charge is 0.308 e. The lowest BCUT2D eigenvalue weighted by Gasteiger charge is -2.17. The van der Waals surface area contributed by atoms with Gasteiger partial charge < -0.3 is 5.01 Å². The van der Waals surface area contributed by atoms with Gasteiger partial charge in [-0.1, -0.05) is 18.2 Å². The van der Waals surface area contributed by atoms with E-state index >= 15 is 0 Å². The quantitative estimate of drug-likeness (QED) is 0.562. The second-order valence-corrected chi connectivity index (χ2v) is 3.09. The first-order valence-corrected chi connectivity index (χ1v) is 3.91. The van der Waals surface area contributed by atoms with Gasteiger partial charge in [-0.05, 0) is 25.0 Å². The molecule has 0 fully saturated rings. The number of nitrogens with zero attached hydrogens (tertiary/aromatic N) is 1. The second-order valence-electron chi connectivity index (χ2n) is 3.09. The first-order valence-electron chi connectivity index (χ1n) is 3.91. The molecular formula is C9H12N2. The molecule has 1 aromatic rings.